The molecule has 1 amide bonds. The summed E-state index contributed by atoms with van der Waals surface area (Å²) < 4.78 is 40.5. The van der Waals surface area contributed by atoms with Crippen LogP contribution in [0.15, 0.2) is 0 Å². The van der Waals surface area contributed by atoms with E-state index in [4.69, 9.17) is 0 Å². The summed E-state index contributed by atoms with van der Waals surface area (Å²) in [7, 11) is 0. The van der Waals surface area contributed by atoms with Crippen molar-refractivity contribution in [2.75, 3.05) is 32.8 Å². The Morgan fingerprint density at radius 3 is 2.60 bits per heavy atom. The van der Waals surface area contributed by atoms with Crippen LogP contribution in [0.3, 0.4) is 0 Å². The number of nitrogens with one attached hydrogen (secondary N) is 1. The molecule has 20 heavy (non-hydrogen) atoms. The van der Waals surface area contributed by atoms with Gasteiger partial charge in [-0.1, -0.05) is 0 Å². The number of rotatable bonds is 4. The SMILES string of the molecule is O=C(COCC(F)(F)F)N1CCCC1C1CCNCC1. The summed E-state index contributed by atoms with van der Waals surface area (Å²) in [6.45, 7) is 0.718. The van der Waals surface area contributed by atoms with Crippen molar-refractivity contribution in [1.29, 1.82) is 0 Å². The molecule has 2 aliphatic rings. The fourth-order valence-corrected chi connectivity index (χ4v) is 3.16. The zero-order chi connectivity index (χ0) is 14.6. The van der Waals surface area contributed by atoms with Crippen LogP contribution in [0.4, 0.5) is 13.2 Å². The molecule has 0 bridgehead atoms. The maximum absolute atomic E-state index is 12.0. The summed E-state index contributed by atoms with van der Waals surface area (Å²) >= 11 is 0. The van der Waals surface area contributed by atoms with E-state index < -0.39 is 19.4 Å². The molecule has 4 nitrogen and oxygen atoms in total. The fraction of sp³-hybridized carbons (Fsp3) is 0.923. The van der Waals surface area contributed by atoms with Crippen LogP contribution in [0.5, 0.6) is 0 Å². The summed E-state index contributed by atoms with van der Waals surface area (Å²) in [5.74, 6) is 0.153. The monoisotopic (exact) mass is 294 g/mol. The quantitative estimate of drug-likeness (QED) is 0.855. The molecule has 0 aromatic heterocycles. The molecule has 0 radical (unpaired) electrons. The zero-order valence-corrected chi connectivity index (χ0v) is 11.4. The standard InChI is InChI=1S/C13H21F3N2O2/c14-13(15,16)9-20-8-12(19)18-7-1-2-11(18)10-3-5-17-6-4-10/h10-11,17H,1-9H2. The number of ether oxygens (including phenoxy) is 1. The van der Waals surface area contributed by atoms with Crippen LogP contribution >= 0.6 is 0 Å². The molecule has 0 aromatic rings. The molecule has 2 aliphatic heterocycles. The van der Waals surface area contributed by atoms with Crippen molar-refractivity contribution in [3.63, 3.8) is 0 Å². The minimum Gasteiger partial charge on any atom is -0.362 e. The molecule has 1 N–H and O–H groups in total. The van der Waals surface area contributed by atoms with Gasteiger partial charge >= 0.3 is 6.18 Å². The Bertz CT molecular complexity index is 330. The van der Waals surface area contributed by atoms with Crippen molar-refractivity contribution in [3.05, 3.63) is 0 Å². The first kappa shape index (κ1) is 15.6. The summed E-state index contributed by atoms with van der Waals surface area (Å²) in [4.78, 5) is 13.7. The number of alkyl halides is 3. The number of nitrogens with zero attached hydrogens (tertiary/aromatic N) is 1. The molecule has 2 rings (SSSR count). The molecule has 1 atom stereocenters. The molecular formula is C13H21F3N2O2. The second-order valence-electron chi connectivity index (χ2n) is 5.49. The lowest BCUT2D eigenvalue weighted by molar-refractivity contribution is -0.178. The van der Waals surface area contributed by atoms with Crippen LogP contribution in [-0.2, 0) is 9.53 Å². The average Bonchev–Trinajstić information content (AvgIpc) is 2.87. The summed E-state index contributed by atoms with van der Waals surface area (Å²) in [6, 6.07) is 0.180. The van der Waals surface area contributed by atoms with Crippen molar-refractivity contribution in [1.82, 2.24) is 10.2 Å². The smallest absolute Gasteiger partial charge is 0.362 e. The molecule has 0 aliphatic carbocycles. The fourth-order valence-electron chi connectivity index (χ4n) is 3.16. The average molecular weight is 294 g/mol. The highest BCUT2D eigenvalue weighted by molar-refractivity contribution is 5.78. The Labute approximate surface area is 116 Å². The second-order valence-corrected chi connectivity index (χ2v) is 5.49. The Morgan fingerprint density at radius 1 is 1.25 bits per heavy atom. The molecule has 2 fully saturated rings. The van der Waals surface area contributed by atoms with Crippen LogP contribution in [-0.4, -0.2) is 55.9 Å². The predicted molar refractivity (Wildman–Crippen MR) is 67.2 cm³/mol. The third kappa shape index (κ3) is 4.34. The number of carbonyl (C=O) groups is 1. The van der Waals surface area contributed by atoms with E-state index in [9.17, 15) is 18.0 Å². The number of hydrogen-bond donors (Lipinski definition) is 1. The van der Waals surface area contributed by atoms with Crippen molar-refractivity contribution < 1.29 is 22.7 Å². The largest absolute Gasteiger partial charge is 0.411 e. The number of halogens is 3. The first-order chi connectivity index (χ1) is 9.47. The number of carbonyl (C=O) groups excluding carboxylic acids is 1. The molecule has 1 unspecified atom stereocenters. The van der Waals surface area contributed by atoms with Gasteiger partial charge in [0.2, 0.25) is 5.91 Å². The first-order valence-corrected chi connectivity index (χ1v) is 7.12. The van der Waals surface area contributed by atoms with E-state index in [2.05, 4.69) is 10.1 Å². The van der Waals surface area contributed by atoms with E-state index in [1.54, 1.807) is 4.90 Å². The summed E-state index contributed by atoms with van der Waals surface area (Å²) in [5.41, 5.74) is 0. The van der Waals surface area contributed by atoms with Gasteiger partial charge in [-0.2, -0.15) is 13.2 Å². The maximum Gasteiger partial charge on any atom is 0.411 e. The van der Waals surface area contributed by atoms with Gasteiger partial charge in [-0.3, -0.25) is 4.79 Å². The van der Waals surface area contributed by atoms with Gasteiger partial charge in [0.1, 0.15) is 13.2 Å². The minimum atomic E-state index is -4.38. The Hall–Kier alpha value is -0.820. The Kier molecular flexibility index (Phi) is 5.26. The van der Waals surface area contributed by atoms with E-state index in [0.717, 1.165) is 38.8 Å². The third-order valence-corrected chi connectivity index (χ3v) is 4.04. The highest BCUT2D eigenvalue weighted by atomic mass is 19.4. The minimum absolute atomic E-state index is 0.180. The highest BCUT2D eigenvalue weighted by Crippen LogP contribution is 2.29. The van der Waals surface area contributed by atoms with Crippen LogP contribution in [0.1, 0.15) is 25.7 Å². The van der Waals surface area contributed by atoms with Gasteiger partial charge < -0.3 is 15.0 Å². The zero-order valence-electron chi connectivity index (χ0n) is 11.4. The second kappa shape index (κ2) is 6.76. The number of hydrogen-bond acceptors (Lipinski definition) is 3. The maximum atomic E-state index is 12.0. The van der Waals surface area contributed by atoms with Crippen LogP contribution < -0.4 is 5.32 Å². The van der Waals surface area contributed by atoms with Gasteiger partial charge in [-0.05, 0) is 44.7 Å². The summed E-state index contributed by atoms with van der Waals surface area (Å²) in [6.07, 6.45) is -0.440. The van der Waals surface area contributed by atoms with Gasteiger partial charge in [-0.25, -0.2) is 0 Å². The van der Waals surface area contributed by atoms with Gasteiger partial charge in [-0.15, -0.1) is 0 Å². The third-order valence-electron chi connectivity index (χ3n) is 4.04. The van der Waals surface area contributed by atoms with Crippen LogP contribution in [0, 0.1) is 5.92 Å². The predicted octanol–water partition coefficient (Wildman–Crippen LogP) is 1.56. The number of piperidine rings is 1. The highest BCUT2D eigenvalue weighted by Gasteiger charge is 2.35. The summed E-state index contributed by atoms with van der Waals surface area (Å²) in [5, 5.41) is 3.28. The number of likely N-dealkylation sites (tertiary alicyclic amines) is 1. The molecular weight excluding hydrogens is 273 g/mol. The van der Waals surface area contributed by atoms with Crippen LogP contribution in [0.25, 0.3) is 0 Å². The van der Waals surface area contributed by atoms with Gasteiger partial charge in [0.25, 0.3) is 0 Å². The molecule has 116 valence electrons. The lowest BCUT2D eigenvalue weighted by Crippen LogP contribution is -2.45. The first-order valence-electron chi connectivity index (χ1n) is 7.12. The topological polar surface area (TPSA) is 41.6 Å². The van der Waals surface area contributed by atoms with E-state index >= 15 is 0 Å². The molecule has 0 aromatic carbocycles. The molecule has 0 spiro atoms. The van der Waals surface area contributed by atoms with E-state index in [0.29, 0.717) is 12.5 Å². The van der Waals surface area contributed by atoms with Crippen molar-refractivity contribution in [2.45, 2.75) is 37.9 Å². The van der Waals surface area contributed by atoms with Gasteiger partial charge in [0.15, 0.2) is 0 Å². The molecule has 2 saturated heterocycles. The van der Waals surface area contributed by atoms with Crippen molar-refractivity contribution >= 4 is 5.91 Å². The van der Waals surface area contributed by atoms with E-state index in [1.807, 2.05) is 0 Å². The number of amides is 1. The van der Waals surface area contributed by atoms with Crippen LogP contribution in [0.2, 0.25) is 0 Å². The molecule has 0 saturated carbocycles. The Morgan fingerprint density at radius 2 is 1.95 bits per heavy atom. The Balaban J connectivity index is 1.81. The van der Waals surface area contributed by atoms with E-state index in [-0.39, 0.29) is 11.9 Å². The van der Waals surface area contributed by atoms with E-state index in [1.165, 1.54) is 0 Å². The van der Waals surface area contributed by atoms with Crippen molar-refractivity contribution in [3.8, 4) is 0 Å². The van der Waals surface area contributed by atoms with Gasteiger partial charge in [0.05, 0.1) is 0 Å². The van der Waals surface area contributed by atoms with Crippen molar-refractivity contribution in [2.24, 2.45) is 5.92 Å². The lowest BCUT2D eigenvalue weighted by Gasteiger charge is -2.34. The molecule has 2 heterocycles. The molecule has 7 heteroatoms. The lowest BCUT2D eigenvalue weighted by atomic mass is 9.89. The van der Waals surface area contributed by atoms with Gasteiger partial charge in [0, 0.05) is 12.6 Å². The normalized spacial score (nSPS) is 25.1.